The average Bonchev–Trinajstić information content (AvgIpc) is 2.53. The van der Waals surface area contributed by atoms with Crippen molar-refractivity contribution in [3.05, 3.63) is 59.2 Å². The van der Waals surface area contributed by atoms with E-state index >= 15 is 0 Å². The van der Waals surface area contributed by atoms with Crippen molar-refractivity contribution in [3.63, 3.8) is 0 Å². The fraction of sp³-hybridized carbons (Fsp3) is 0.143. The van der Waals surface area contributed by atoms with Crippen LogP contribution in [0.3, 0.4) is 0 Å². The molecule has 0 spiro atoms. The maximum Gasteiger partial charge on any atom is 0.270 e. The number of carbonyl (C=O) groups is 1. The van der Waals surface area contributed by atoms with Crippen molar-refractivity contribution in [1.82, 2.24) is 15.3 Å². The Labute approximate surface area is 121 Å². The molecule has 0 saturated carbocycles. The predicted molar refractivity (Wildman–Crippen MR) is 76.9 cm³/mol. The SMILES string of the molecule is Cc1cnccc1CNC(=O)c1ccc(/C(N)=N/O)cn1. The minimum Gasteiger partial charge on any atom is -0.409 e. The van der Waals surface area contributed by atoms with E-state index in [1.165, 1.54) is 12.3 Å². The van der Waals surface area contributed by atoms with Crippen LogP contribution < -0.4 is 11.1 Å². The number of oxime groups is 1. The molecule has 4 N–H and O–H groups in total. The minimum absolute atomic E-state index is 0.0538. The summed E-state index contributed by atoms with van der Waals surface area (Å²) in [6.07, 6.45) is 4.80. The molecule has 0 aliphatic carbocycles. The zero-order valence-electron chi connectivity index (χ0n) is 11.4. The van der Waals surface area contributed by atoms with Gasteiger partial charge in [0.05, 0.1) is 0 Å². The molecule has 21 heavy (non-hydrogen) atoms. The molecule has 7 heteroatoms. The number of pyridine rings is 2. The lowest BCUT2D eigenvalue weighted by Crippen LogP contribution is -2.24. The summed E-state index contributed by atoms with van der Waals surface area (Å²) in [6, 6.07) is 4.93. The monoisotopic (exact) mass is 285 g/mol. The molecule has 1 amide bonds. The molecule has 2 aromatic rings. The van der Waals surface area contributed by atoms with Gasteiger partial charge in [-0.2, -0.15) is 0 Å². The first-order valence-corrected chi connectivity index (χ1v) is 6.23. The molecule has 2 aromatic heterocycles. The van der Waals surface area contributed by atoms with E-state index < -0.39 is 0 Å². The Bertz CT molecular complexity index is 667. The summed E-state index contributed by atoms with van der Waals surface area (Å²) in [4.78, 5) is 20.0. The van der Waals surface area contributed by atoms with Crippen molar-refractivity contribution in [2.24, 2.45) is 10.9 Å². The van der Waals surface area contributed by atoms with E-state index in [-0.39, 0.29) is 17.4 Å². The molecule has 0 unspecified atom stereocenters. The Hall–Kier alpha value is -2.96. The third kappa shape index (κ3) is 3.53. The van der Waals surface area contributed by atoms with Crippen LogP contribution in [0.15, 0.2) is 41.9 Å². The highest BCUT2D eigenvalue weighted by molar-refractivity contribution is 5.98. The molecule has 2 rings (SSSR count). The smallest absolute Gasteiger partial charge is 0.270 e. The van der Waals surface area contributed by atoms with Gasteiger partial charge in [-0.05, 0) is 36.2 Å². The van der Waals surface area contributed by atoms with E-state index in [0.29, 0.717) is 12.1 Å². The van der Waals surface area contributed by atoms with Crippen molar-refractivity contribution >= 4 is 11.7 Å². The second kappa shape index (κ2) is 6.47. The summed E-state index contributed by atoms with van der Waals surface area (Å²) in [5, 5.41) is 14.2. The van der Waals surface area contributed by atoms with E-state index in [0.717, 1.165) is 11.1 Å². The zero-order valence-corrected chi connectivity index (χ0v) is 11.4. The fourth-order valence-corrected chi connectivity index (χ4v) is 1.70. The number of nitrogens with zero attached hydrogens (tertiary/aromatic N) is 3. The Morgan fingerprint density at radius 3 is 2.81 bits per heavy atom. The largest absolute Gasteiger partial charge is 0.409 e. The quantitative estimate of drug-likeness (QED) is 0.333. The average molecular weight is 285 g/mol. The molecule has 0 radical (unpaired) electrons. The molecular formula is C14H15N5O2. The van der Waals surface area contributed by atoms with Crippen LogP contribution in [0.2, 0.25) is 0 Å². The topological polar surface area (TPSA) is 113 Å². The molecule has 2 heterocycles. The number of aryl methyl sites for hydroxylation is 1. The maximum absolute atomic E-state index is 12.0. The third-order valence-electron chi connectivity index (χ3n) is 2.98. The number of nitrogens with one attached hydrogen (secondary N) is 1. The Morgan fingerprint density at radius 2 is 2.19 bits per heavy atom. The van der Waals surface area contributed by atoms with Gasteiger partial charge in [0.25, 0.3) is 5.91 Å². The first kappa shape index (κ1) is 14.4. The number of amides is 1. The lowest BCUT2D eigenvalue weighted by molar-refractivity contribution is 0.0946. The van der Waals surface area contributed by atoms with E-state index in [1.807, 2.05) is 13.0 Å². The van der Waals surface area contributed by atoms with Crippen LogP contribution in [0.4, 0.5) is 0 Å². The van der Waals surface area contributed by atoms with Crippen LogP contribution in [0, 0.1) is 6.92 Å². The lowest BCUT2D eigenvalue weighted by Gasteiger charge is -2.07. The second-order valence-electron chi connectivity index (χ2n) is 4.40. The first-order valence-electron chi connectivity index (χ1n) is 6.23. The normalized spacial score (nSPS) is 11.2. The lowest BCUT2D eigenvalue weighted by atomic mass is 10.1. The van der Waals surface area contributed by atoms with E-state index in [2.05, 4.69) is 20.4 Å². The molecule has 7 nitrogen and oxygen atoms in total. The fourth-order valence-electron chi connectivity index (χ4n) is 1.70. The predicted octanol–water partition coefficient (Wildman–Crippen LogP) is 0.810. The summed E-state index contributed by atoms with van der Waals surface area (Å²) in [5.74, 6) is -0.348. The third-order valence-corrected chi connectivity index (χ3v) is 2.98. The number of hydrogen-bond donors (Lipinski definition) is 3. The molecule has 108 valence electrons. The molecule has 0 bridgehead atoms. The first-order chi connectivity index (χ1) is 10.1. The number of nitrogens with two attached hydrogens (primary N) is 1. The van der Waals surface area contributed by atoms with Crippen molar-refractivity contribution in [3.8, 4) is 0 Å². The molecule has 0 saturated heterocycles. The molecule has 0 fully saturated rings. The standard InChI is InChI=1S/C14H15N5O2/c1-9-6-16-5-4-10(9)7-18-14(20)12-3-2-11(8-17-12)13(15)19-21/h2-6,8,21H,7H2,1H3,(H2,15,19)(H,18,20). The van der Waals surface area contributed by atoms with Gasteiger partial charge in [0.1, 0.15) is 5.69 Å². The second-order valence-corrected chi connectivity index (χ2v) is 4.40. The van der Waals surface area contributed by atoms with Crippen molar-refractivity contribution in [2.75, 3.05) is 0 Å². The number of hydrogen-bond acceptors (Lipinski definition) is 5. The van der Waals surface area contributed by atoms with Crippen LogP contribution in [-0.4, -0.2) is 26.9 Å². The number of carbonyl (C=O) groups excluding carboxylic acids is 1. The van der Waals surface area contributed by atoms with Crippen LogP contribution in [-0.2, 0) is 6.54 Å². The van der Waals surface area contributed by atoms with E-state index in [1.54, 1.807) is 18.5 Å². The highest BCUT2D eigenvalue weighted by Crippen LogP contribution is 2.05. The van der Waals surface area contributed by atoms with Crippen molar-refractivity contribution < 1.29 is 10.0 Å². The summed E-state index contributed by atoms with van der Waals surface area (Å²) in [6.45, 7) is 2.33. The number of rotatable bonds is 4. The van der Waals surface area contributed by atoms with Gasteiger partial charge in [-0.1, -0.05) is 5.16 Å². The minimum atomic E-state index is -0.294. The highest BCUT2D eigenvalue weighted by Gasteiger charge is 2.08. The Kier molecular flexibility index (Phi) is 4.45. The van der Waals surface area contributed by atoms with Gasteiger partial charge in [-0.25, -0.2) is 0 Å². The molecule has 0 aromatic carbocycles. The molecule has 0 aliphatic rings. The van der Waals surface area contributed by atoms with Gasteiger partial charge in [-0.3, -0.25) is 14.8 Å². The van der Waals surface area contributed by atoms with Gasteiger partial charge in [0.2, 0.25) is 0 Å². The number of aromatic nitrogens is 2. The summed E-state index contributed by atoms with van der Waals surface area (Å²) >= 11 is 0. The molecular weight excluding hydrogens is 270 g/mol. The van der Waals surface area contributed by atoms with Gasteiger partial charge >= 0.3 is 0 Å². The summed E-state index contributed by atoms with van der Waals surface area (Å²) < 4.78 is 0. The van der Waals surface area contributed by atoms with Crippen LogP contribution in [0.25, 0.3) is 0 Å². The zero-order chi connectivity index (χ0) is 15.2. The summed E-state index contributed by atoms with van der Waals surface area (Å²) in [7, 11) is 0. The van der Waals surface area contributed by atoms with E-state index in [9.17, 15) is 4.79 Å². The Morgan fingerprint density at radius 1 is 1.38 bits per heavy atom. The van der Waals surface area contributed by atoms with E-state index in [4.69, 9.17) is 10.9 Å². The van der Waals surface area contributed by atoms with Crippen molar-refractivity contribution in [2.45, 2.75) is 13.5 Å². The van der Waals surface area contributed by atoms with Crippen LogP contribution in [0.5, 0.6) is 0 Å². The van der Waals surface area contributed by atoms with Gasteiger partial charge < -0.3 is 16.3 Å². The summed E-state index contributed by atoms with van der Waals surface area (Å²) in [5.41, 5.74) is 8.13. The van der Waals surface area contributed by atoms with Gasteiger partial charge in [0.15, 0.2) is 5.84 Å². The Balaban J connectivity index is 2.02. The highest BCUT2D eigenvalue weighted by atomic mass is 16.4. The van der Waals surface area contributed by atoms with Crippen LogP contribution in [0.1, 0.15) is 27.2 Å². The van der Waals surface area contributed by atoms with Crippen molar-refractivity contribution in [1.29, 1.82) is 0 Å². The van der Waals surface area contributed by atoms with Crippen LogP contribution >= 0.6 is 0 Å². The van der Waals surface area contributed by atoms with Gasteiger partial charge in [0, 0.05) is 30.7 Å². The maximum atomic E-state index is 12.0. The molecule has 0 aliphatic heterocycles. The van der Waals surface area contributed by atoms with Gasteiger partial charge in [-0.15, -0.1) is 0 Å². The molecule has 0 atom stereocenters. The number of amidine groups is 1.